The van der Waals surface area contributed by atoms with E-state index in [2.05, 4.69) is 0 Å². The van der Waals surface area contributed by atoms with Crippen molar-refractivity contribution in [1.82, 2.24) is 4.90 Å². The standard InChI is InChI=1S/C21H24N2O4/c1-4-27-19-11-7-17(8-12-19)23-14-13-22(15(2)20(23)24)21(25)16-5-9-18(26-3)10-6-16/h5-12,15H,4,13-14H2,1-3H3/t15-/m0/s1. The van der Waals surface area contributed by atoms with Gasteiger partial charge in [0.2, 0.25) is 5.91 Å². The smallest absolute Gasteiger partial charge is 0.254 e. The van der Waals surface area contributed by atoms with Crippen molar-refractivity contribution in [3.63, 3.8) is 0 Å². The summed E-state index contributed by atoms with van der Waals surface area (Å²) in [5.41, 5.74) is 1.36. The van der Waals surface area contributed by atoms with Crippen LogP contribution in [0.1, 0.15) is 24.2 Å². The average molecular weight is 368 g/mol. The number of carbonyl (C=O) groups excluding carboxylic acids is 2. The molecule has 1 heterocycles. The highest BCUT2D eigenvalue weighted by molar-refractivity contribution is 6.03. The molecule has 0 aromatic heterocycles. The van der Waals surface area contributed by atoms with Crippen LogP contribution in [-0.4, -0.2) is 49.6 Å². The van der Waals surface area contributed by atoms with E-state index < -0.39 is 6.04 Å². The summed E-state index contributed by atoms with van der Waals surface area (Å²) in [7, 11) is 1.58. The van der Waals surface area contributed by atoms with Crippen LogP contribution in [0.25, 0.3) is 0 Å². The van der Waals surface area contributed by atoms with E-state index in [1.54, 1.807) is 48.1 Å². The summed E-state index contributed by atoms with van der Waals surface area (Å²) in [4.78, 5) is 29.0. The lowest BCUT2D eigenvalue weighted by atomic mass is 10.1. The molecule has 1 fully saturated rings. The van der Waals surface area contributed by atoms with E-state index >= 15 is 0 Å². The molecule has 0 radical (unpaired) electrons. The van der Waals surface area contributed by atoms with Gasteiger partial charge in [0.25, 0.3) is 5.91 Å². The number of piperazine rings is 1. The van der Waals surface area contributed by atoms with Crippen LogP contribution in [0.4, 0.5) is 5.69 Å². The SMILES string of the molecule is CCOc1ccc(N2CCN(C(=O)c3ccc(OC)cc3)[C@@H](C)C2=O)cc1. The van der Waals surface area contributed by atoms with Gasteiger partial charge in [-0.25, -0.2) is 0 Å². The molecule has 0 bridgehead atoms. The van der Waals surface area contributed by atoms with Gasteiger partial charge in [0.1, 0.15) is 17.5 Å². The third-order valence-corrected chi connectivity index (χ3v) is 4.71. The highest BCUT2D eigenvalue weighted by Gasteiger charge is 2.35. The second kappa shape index (κ2) is 8.12. The Morgan fingerprint density at radius 3 is 2.26 bits per heavy atom. The second-order valence-corrected chi connectivity index (χ2v) is 6.32. The monoisotopic (exact) mass is 368 g/mol. The number of hydrogen-bond donors (Lipinski definition) is 0. The maximum absolute atomic E-state index is 12.9. The van der Waals surface area contributed by atoms with E-state index in [1.807, 2.05) is 31.2 Å². The van der Waals surface area contributed by atoms with E-state index in [9.17, 15) is 9.59 Å². The summed E-state index contributed by atoms with van der Waals surface area (Å²) in [5, 5.41) is 0. The van der Waals surface area contributed by atoms with Crippen molar-refractivity contribution in [2.75, 3.05) is 31.7 Å². The van der Waals surface area contributed by atoms with Crippen molar-refractivity contribution in [3.05, 3.63) is 54.1 Å². The summed E-state index contributed by atoms with van der Waals surface area (Å²) < 4.78 is 10.6. The summed E-state index contributed by atoms with van der Waals surface area (Å²) in [6.07, 6.45) is 0. The van der Waals surface area contributed by atoms with Gasteiger partial charge in [0.15, 0.2) is 0 Å². The third-order valence-electron chi connectivity index (χ3n) is 4.71. The highest BCUT2D eigenvalue weighted by Crippen LogP contribution is 2.24. The minimum absolute atomic E-state index is 0.0905. The number of anilines is 1. The lowest BCUT2D eigenvalue weighted by molar-refractivity contribution is -0.124. The minimum Gasteiger partial charge on any atom is -0.497 e. The Kier molecular flexibility index (Phi) is 5.64. The third kappa shape index (κ3) is 3.89. The van der Waals surface area contributed by atoms with Crippen molar-refractivity contribution in [2.45, 2.75) is 19.9 Å². The molecule has 2 amide bonds. The number of carbonyl (C=O) groups is 2. The molecule has 0 aliphatic carbocycles. The molecule has 1 atom stereocenters. The molecule has 3 rings (SSSR count). The van der Waals surface area contributed by atoms with Crippen LogP contribution in [0.2, 0.25) is 0 Å². The molecule has 1 aliphatic rings. The Labute approximate surface area is 159 Å². The molecule has 0 spiro atoms. The predicted octanol–water partition coefficient (Wildman–Crippen LogP) is 2.97. The van der Waals surface area contributed by atoms with Gasteiger partial charge in [-0.1, -0.05) is 0 Å². The maximum Gasteiger partial charge on any atom is 0.254 e. The first kappa shape index (κ1) is 18.8. The zero-order chi connectivity index (χ0) is 19.4. The van der Waals surface area contributed by atoms with Gasteiger partial charge in [-0.2, -0.15) is 0 Å². The number of rotatable bonds is 5. The van der Waals surface area contributed by atoms with E-state index in [0.29, 0.717) is 31.0 Å². The summed E-state index contributed by atoms with van der Waals surface area (Å²) in [6, 6.07) is 13.9. The lowest BCUT2D eigenvalue weighted by Gasteiger charge is -2.39. The van der Waals surface area contributed by atoms with Gasteiger partial charge >= 0.3 is 0 Å². The number of ether oxygens (including phenoxy) is 2. The van der Waals surface area contributed by atoms with E-state index in [-0.39, 0.29) is 11.8 Å². The van der Waals surface area contributed by atoms with Gasteiger partial charge in [-0.05, 0) is 62.4 Å². The molecule has 2 aromatic carbocycles. The summed E-state index contributed by atoms with van der Waals surface area (Å²) in [6.45, 7) is 5.23. The highest BCUT2D eigenvalue weighted by atomic mass is 16.5. The van der Waals surface area contributed by atoms with Gasteiger partial charge in [0.05, 0.1) is 13.7 Å². The average Bonchev–Trinajstić information content (AvgIpc) is 2.70. The number of nitrogens with zero attached hydrogens (tertiary/aromatic N) is 2. The molecular weight excluding hydrogens is 344 g/mol. The predicted molar refractivity (Wildman–Crippen MR) is 103 cm³/mol. The largest absolute Gasteiger partial charge is 0.497 e. The Hall–Kier alpha value is -3.02. The van der Waals surface area contributed by atoms with E-state index in [1.165, 1.54) is 0 Å². The summed E-state index contributed by atoms with van der Waals surface area (Å²) >= 11 is 0. The van der Waals surface area contributed by atoms with Crippen LogP contribution in [0, 0.1) is 0 Å². The molecular formula is C21H24N2O4. The van der Waals surface area contributed by atoms with Crippen molar-refractivity contribution >= 4 is 17.5 Å². The van der Waals surface area contributed by atoms with Crippen molar-refractivity contribution < 1.29 is 19.1 Å². The Bertz CT molecular complexity index is 802. The molecule has 0 unspecified atom stereocenters. The second-order valence-electron chi connectivity index (χ2n) is 6.32. The minimum atomic E-state index is -0.528. The molecule has 6 nitrogen and oxygen atoms in total. The Morgan fingerprint density at radius 2 is 1.67 bits per heavy atom. The first-order chi connectivity index (χ1) is 13.0. The number of benzene rings is 2. The van der Waals surface area contributed by atoms with Gasteiger partial charge in [-0.3, -0.25) is 9.59 Å². The maximum atomic E-state index is 12.9. The van der Waals surface area contributed by atoms with Crippen LogP contribution in [0.5, 0.6) is 11.5 Å². The fourth-order valence-corrected chi connectivity index (χ4v) is 3.19. The molecule has 27 heavy (non-hydrogen) atoms. The van der Waals surface area contributed by atoms with E-state index in [4.69, 9.17) is 9.47 Å². The van der Waals surface area contributed by atoms with E-state index in [0.717, 1.165) is 11.4 Å². The lowest BCUT2D eigenvalue weighted by Crippen LogP contribution is -2.57. The Balaban J connectivity index is 1.72. The van der Waals surface area contributed by atoms with Crippen LogP contribution in [0.3, 0.4) is 0 Å². The molecule has 6 heteroatoms. The van der Waals surface area contributed by atoms with Crippen molar-refractivity contribution in [3.8, 4) is 11.5 Å². The molecule has 1 saturated heterocycles. The van der Waals surface area contributed by atoms with Gasteiger partial charge in [0, 0.05) is 24.3 Å². The van der Waals surface area contributed by atoms with Crippen LogP contribution >= 0.6 is 0 Å². The van der Waals surface area contributed by atoms with Crippen molar-refractivity contribution in [2.24, 2.45) is 0 Å². The topological polar surface area (TPSA) is 59.1 Å². The number of amides is 2. The fraction of sp³-hybridized carbons (Fsp3) is 0.333. The Morgan fingerprint density at radius 1 is 1.04 bits per heavy atom. The number of hydrogen-bond acceptors (Lipinski definition) is 4. The first-order valence-electron chi connectivity index (χ1n) is 9.04. The van der Waals surface area contributed by atoms with Crippen LogP contribution < -0.4 is 14.4 Å². The normalized spacial score (nSPS) is 17.0. The van der Waals surface area contributed by atoms with Crippen LogP contribution in [0.15, 0.2) is 48.5 Å². The fourth-order valence-electron chi connectivity index (χ4n) is 3.19. The molecule has 2 aromatic rings. The van der Waals surface area contributed by atoms with Gasteiger partial charge in [-0.15, -0.1) is 0 Å². The van der Waals surface area contributed by atoms with Crippen LogP contribution in [-0.2, 0) is 4.79 Å². The number of methoxy groups -OCH3 is 1. The quantitative estimate of drug-likeness (QED) is 0.814. The zero-order valence-electron chi connectivity index (χ0n) is 15.8. The zero-order valence-corrected chi connectivity index (χ0v) is 15.8. The first-order valence-corrected chi connectivity index (χ1v) is 9.04. The molecule has 0 N–H and O–H groups in total. The molecule has 142 valence electrons. The summed E-state index contributed by atoms with van der Waals surface area (Å²) in [5.74, 6) is 1.23. The van der Waals surface area contributed by atoms with Gasteiger partial charge < -0.3 is 19.3 Å². The molecule has 0 saturated carbocycles. The molecule has 1 aliphatic heterocycles. The van der Waals surface area contributed by atoms with Crippen molar-refractivity contribution in [1.29, 1.82) is 0 Å².